The summed E-state index contributed by atoms with van der Waals surface area (Å²) in [6, 6.07) is 9.13. The topological polar surface area (TPSA) is 54.4 Å². The Kier molecular flexibility index (Phi) is 6.21. The Balaban J connectivity index is 0.000000361. The molecule has 0 bridgehead atoms. The van der Waals surface area contributed by atoms with Gasteiger partial charge in [-0.25, -0.2) is 0 Å². The summed E-state index contributed by atoms with van der Waals surface area (Å²) in [4.78, 5) is 19.4. The molecule has 20 heavy (non-hydrogen) atoms. The third kappa shape index (κ3) is 7.39. The van der Waals surface area contributed by atoms with E-state index in [0.29, 0.717) is 0 Å². The zero-order chi connectivity index (χ0) is 16.0. The van der Waals surface area contributed by atoms with Crippen LogP contribution in [0.1, 0.15) is 5.56 Å². The highest BCUT2D eigenvalue weighted by Crippen LogP contribution is 2.28. The average molecular weight is 302 g/mol. The Bertz CT molecular complexity index is 433. The number of carbonyl (C=O) groups is 2. The maximum atomic E-state index is 10.9. The molecule has 0 radical (unpaired) electrons. The molecule has 0 saturated heterocycles. The lowest BCUT2D eigenvalue weighted by molar-refractivity contribution is -0.217. The zero-order valence-corrected chi connectivity index (χ0v) is 9.63. The second-order valence-corrected chi connectivity index (χ2v) is 3.38. The van der Waals surface area contributed by atoms with Crippen molar-refractivity contribution in [3.63, 3.8) is 0 Å². The van der Waals surface area contributed by atoms with Crippen molar-refractivity contribution in [2.75, 3.05) is 0 Å². The van der Waals surface area contributed by atoms with Gasteiger partial charge in [-0.05, 0) is 5.56 Å². The summed E-state index contributed by atoms with van der Waals surface area (Å²) in [6.07, 6.45) is -11.5. The van der Waals surface area contributed by atoms with Crippen molar-refractivity contribution in [1.29, 1.82) is 0 Å². The number of halogens is 6. The Morgan fingerprint density at radius 1 is 0.900 bits per heavy atom. The van der Waals surface area contributed by atoms with Gasteiger partial charge >= 0.3 is 24.1 Å². The van der Waals surface area contributed by atoms with Gasteiger partial charge in [0.05, 0.1) is 6.42 Å². The van der Waals surface area contributed by atoms with Crippen LogP contribution in [0.3, 0.4) is 0 Å². The number of carbonyl (C=O) groups excluding carboxylic acids is 1. The number of hydrogen-bond donors (Lipinski definition) is 1. The molecule has 1 aromatic carbocycles. The molecule has 0 saturated carbocycles. The molecule has 0 aliphatic heterocycles. The number of aliphatic carboxylic acids is 1. The lowest BCUT2D eigenvalue weighted by Gasteiger charge is -2.06. The van der Waals surface area contributed by atoms with E-state index in [9.17, 15) is 35.9 Å². The van der Waals surface area contributed by atoms with Crippen molar-refractivity contribution < 1.29 is 41.0 Å². The summed E-state index contributed by atoms with van der Waals surface area (Å²) in [6.45, 7) is 0. The number of alkyl halides is 6. The van der Waals surface area contributed by atoms with Crippen molar-refractivity contribution in [3.8, 4) is 0 Å². The first-order valence-electron chi connectivity index (χ1n) is 4.88. The first-order chi connectivity index (χ1) is 8.94. The monoisotopic (exact) mass is 302 g/mol. The van der Waals surface area contributed by atoms with Gasteiger partial charge in [-0.2, -0.15) is 26.3 Å². The molecule has 1 N–H and O–H groups in total. The average Bonchev–Trinajstić information content (AvgIpc) is 2.27. The molecular weight excluding hydrogens is 294 g/mol. The van der Waals surface area contributed by atoms with Gasteiger partial charge in [-0.15, -0.1) is 0 Å². The fourth-order valence-corrected chi connectivity index (χ4v) is 0.931. The normalized spacial score (nSPS) is 11.3. The van der Waals surface area contributed by atoms with E-state index in [1.165, 1.54) is 0 Å². The highest BCUT2D eigenvalue weighted by molar-refractivity contribution is 5.89. The number of ketones is 1. The Morgan fingerprint density at radius 3 is 1.55 bits per heavy atom. The van der Waals surface area contributed by atoms with Crippen LogP contribution < -0.4 is 0 Å². The van der Waals surface area contributed by atoms with Crippen LogP contribution in [0.25, 0.3) is 0 Å². The number of carboxylic acids is 1. The van der Waals surface area contributed by atoms with Crippen LogP contribution in [-0.4, -0.2) is 29.2 Å². The lowest BCUT2D eigenvalue weighted by Crippen LogP contribution is -2.36. The van der Waals surface area contributed by atoms with Crippen LogP contribution in [0.4, 0.5) is 26.3 Å². The molecule has 3 nitrogen and oxygen atoms in total. The van der Waals surface area contributed by atoms with Gasteiger partial charge in [-0.3, -0.25) is 9.59 Å². The first kappa shape index (κ1) is 17.9. The third-order valence-electron chi connectivity index (χ3n) is 1.71. The standard InChI is InChI=1S/C8H8O2.C3F6O/c9-8(10)6-7-4-2-1-3-5-7;4-2(5,6)1(10)3(7,8)9/h1-5H,6H2,(H,9,10);. The molecule has 9 heteroatoms. The second-order valence-electron chi connectivity index (χ2n) is 3.38. The molecule has 0 aliphatic carbocycles. The Labute approximate surface area is 108 Å². The Hall–Kier alpha value is -2.06. The summed E-state index contributed by atoms with van der Waals surface area (Å²) in [5.41, 5.74) is 0.843. The van der Waals surface area contributed by atoms with Crippen LogP contribution in [0.15, 0.2) is 30.3 Å². The zero-order valence-electron chi connectivity index (χ0n) is 9.63. The number of Topliss-reactive ketones (excluding diaryl/α,β-unsaturated/α-hetero) is 1. The van der Waals surface area contributed by atoms with E-state index in [-0.39, 0.29) is 6.42 Å². The van der Waals surface area contributed by atoms with E-state index >= 15 is 0 Å². The lowest BCUT2D eigenvalue weighted by atomic mass is 10.2. The smallest absolute Gasteiger partial charge is 0.459 e. The fraction of sp³-hybridized carbons (Fsp3) is 0.273. The molecular formula is C11H8F6O3. The van der Waals surface area contributed by atoms with Gasteiger partial charge in [0, 0.05) is 0 Å². The molecule has 1 rings (SSSR count). The van der Waals surface area contributed by atoms with Gasteiger partial charge in [0.1, 0.15) is 0 Å². The minimum atomic E-state index is -5.82. The number of benzene rings is 1. The largest absolute Gasteiger partial charge is 0.481 e. The number of rotatable bonds is 2. The quantitative estimate of drug-likeness (QED) is 0.854. The van der Waals surface area contributed by atoms with E-state index in [2.05, 4.69) is 0 Å². The van der Waals surface area contributed by atoms with Crippen LogP contribution in [-0.2, 0) is 16.0 Å². The minimum Gasteiger partial charge on any atom is -0.481 e. The van der Waals surface area contributed by atoms with Crippen molar-refractivity contribution in [2.24, 2.45) is 0 Å². The highest BCUT2D eigenvalue weighted by atomic mass is 19.4. The highest BCUT2D eigenvalue weighted by Gasteiger charge is 2.55. The number of hydrogen-bond acceptors (Lipinski definition) is 2. The summed E-state index contributed by atoms with van der Waals surface area (Å²) in [5.74, 6) is -4.47. The maximum absolute atomic E-state index is 10.9. The van der Waals surface area contributed by atoms with Crippen LogP contribution in [0.5, 0.6) is 0 Å². The summed E-state index contributed by atoms with van der Waals surface area (Å²) in [7, 11) is 0. The summed E-state index contributed by atoms with van der Waals surface area (Å²) < 4.78 is 65.3. The first-order valence-corrected chi connectivity index (χ1v) is 4.88. The van der Waals surface area contributed by atoms with Gasteiger partial charge < -0.3 is 5.11 Å². The van der Waals surface area contributed by atoms with Crippen LogP contribution >= 0.6 is 0 Å². The van der Waals surface area contributed by atoms with E-state index in [4.69, 9.17) is 5.11 Å². The SMILES string of the molecule is O=C(C(F)(F)F)C(F)(F)F.O=C(O)Cc1ccccc1. The third-order valence-corrected chi connectivity index (χ3v) is 1.71. The van der Waals surface area contributed by atoms with Gasteiger partial charge in [-0.1, -0.05) is 30.3 Å². The molecule has 0 unspecified atom stereocenters. The number of carboxylic acid groups (broad SMARTS) is 1. The molecule has 0 amide bonds. The maximum Gasteiger partial charge on any atom is 0.459 e. The molecule has 0 atom stereocenters. The molecule has 1 aromatic rings. The van der Waals surface area contributed by atoms with Crippen molar-refractivity contribution in [3.05, 3.63) is 35.9 Å². The van der Waals surface area contributed by atoms with Gasteiger partial charge in [0.15, 0.2) is 0 Å². The predicted octanol–water partition coefficient (Wildman–Crippen LogP) is 2.99. The molecule has 0 spiro atoms. The second kappa shape index (κ2) is 6.92. The molecule has 0 fully saturated rings. The summed E-state index contributed by atoms with van der Waals surface area (Å²) in [5, 5.41) is 8.37. The molecule has 0 aliphatic rings. The van der Waals surface area contributed by atoms with Crippen molar-refractivity contribution in [1.82, 2.24) is 0 Å². The van der Waals surface area contributed by atoms with E-state index in [1.807, 2.05) is 18.2 Å². The predicted molar refractivity (Wildman–Crippen MR) is 54.9 cm³/mol. The van der Waals surface area contributed by atoms with E-state index in [0.717, 1.165) is 5.56 Å². The molecule has 112 valence electrons. The minimum absolute atomic E-state index is 0.112. The summed E-state index contributed by atoms with van der Waals surface area (Å²) >= 11 is 0. The molecule has 0 heterocycles. The molecule has 0 aromatic heterocycles. The van der Waals surface area contributed by atoms with Gasteiger partial charge in [0.25, 0.3) is 0 Å². The fourth-order valence-electron chi connectivity index (χ4n) is 0.931. The van der Waals surface area contributed by atoms with Gasteiger partial charge in [0.2, 0.25) is 0 Å². The van der Waals surface area contributed by atoms with E-state index in [1.54, 1.807) is 12.1 Å². The van der Waals surface area contributed by atoms with E-state index < -0.39 is 24.1 Å². The van der Waals surface area contributed by atoms with Crippen LogP contribution in [0.2, 0.25) is 0 Å². The van der Waals surface area contributed by atoms with Crippen molar-refractivity contribution >= 4 is 11.8 Å². The van der Waals surface area contributed by atoms with Crippen molar-refractivity contribution in [2.45, 2.75) is 18.8 Å². The Morgan fingerprint density at radius 2 is 1.30 bits per heavy atom. The van der Waals surface area contributed by atoms with Crippen LogP contribution in [0, 0.1) is 0 Å².